The summed E-state index contributed by atoms with van der Waals surface area (Å²) in [7, 11) is 0. The first-order valence-corrected chi connectivity index (χ1v) is 12.9. The van der Waals surface area contributed by atoms with Crippen molar-refractivity contribution in [2.24, 2.45) is 0 Å². The van der Waals surface area contributed by atoms with Gasteiger partial charge in [0.05, 0.1) is 6.54 Å². The number of carbonyl (C=O) groups is 2. The molecule has 0 saturated heterocycles. The molecule has 6 heteroatoms. The summed E-state index contributed by atoms with van der Waals surface area (Å²) in [4.78, 5) is 27.5. The van der Waals surface area contributed by atoms with E-state index in [1.807, 2.05) is 23.1 Å². The van der Waals surface area contributed by atoms with E-state index in [1.54, 1.807) is 6.92 Å². The van der Waals surface area contributed by atoms with Gasteiger partial charge < -0.3 is 20.9 Å². The number of hydrogen-bond donors (Lipinski definition) is 3. The molecule has 0 aromatic heterocycles. The zero-order chi connectivity index (χ0) is 25.3. The van der Waals surface area contributed by atoms with Crippen molar-refractivity contribution in [3.63, 3.8) is 0 Å². The smallest absolute Gasteiger partial charge is 0.249 e. The van der Waals surface area contributed by atoms with Crippen LogP contribution in [0.4, 0.5) is 5.69 Å². The summed E-state index contributed by atoms with van der Waals surface area (Å²) in [6, 6.07) is 24.4. The molecule has 188 valence electrons. The van der Waals surface area contributed by atoms with E-state index in [4.69, 9.17) is 0 Å². The Morgan fingerprint density at radius 3 is 2.47 bits per heavy atom. The van der Waals surface area contributed by atoms with Crippen molar-refractivity contribution < 1.29 is 9.59 Å². The van der Waals surface area contributed by atoms with Gasteiger partial charge in [0.2, 0.25) is 11.8 Å². The molecule has 1 aliphatic rings. The molecule has 1 atom stereocenters. The van der Waals surface area contributed by atoms with Gasteiger partial charge in [0, 0.05) is 25.3 Å². The van der Waals surface area contributed by atoms with Gasteiger partial charge in [-0.25, -0.2) is 0 Å². The minimum absolute atomic E-state index is 0.0528. The quantitative estimate of drug-likeness (QED) is 0.295. The fourth-order valence-corrected chi connectivity index (χ4v) is 4.65. The lowest BCUT2D eigenvalue weighted by Crippen LogP contribution is -2.47. The molecule has 0 saturated carbocycles. The lowest BCUT2D eigenvalue weighted by molar-refractivity contribution is -0.127. The fraction of sp³-hybridized carbons (Fsp3) is 0.333. The molecule has 0 radical (unpaired) electrons. The molecule has 0 aliphatic carbocycles. The van der Waals surface area contributed by atoms with Crippen LogP contribution in [0.2, 0.25) is 0 Å². The highest BCUT2D eigenvalue weighted by Gasteiger charge is 2.31. The van der Waals surface area contributed by atoms with Crippen LogP contribution in [0.5, 0.6) is 0 Å². The predicted octanol–water partition coefficient (Wildman–Crippen LogP) is 4.38. The second-order valence-corrected chi connectivity index (χ2v) is 9.13. The first kappa shape index (κ1) is 25.6. The number of nitrogens with zero attached hydrogens (tertiary/aromatic N) is 1. The molecule has 6 nitrogen and oxygen atoms in total. The van der Waals surface area contributed by atoms with Crippen LogP contribution in [0.25, 0.3) is 11.1 Å². The summed E-state index contributed by atoms with van der Waals surface area (Å²) in [5.41, 5.74) is 6.70. The van der Waals surface area contributed by atoms with E-state index in [0.29, 0.717) is 19.4 Å². The third-order valence-corrected chi connectivity index (χ3v) is 6.64. The Kier molecular flexibility index (Phi) is 8.87. The SMILES string of the molecule is CCNCNCc1ccccc1-c1ccc(CN2C(=O)[C@H](NC(=O)CC)CCc3ccccc32)cc1. The van der Waals surface area contributed by atoms with Crippen molar-refractivity contribution in [3.8, 4) is 11.1 Å². The highest BCUT2D eigenvalue weighted by molar-refractivity contribution is 6.00. The Morgan fingerprint density at radius 1 is 0.944 bits per heavy atom. The molecular weight excluding hydrogens is 448 g/mol. The van der Waals surface area contributed by atoms with Crippen LogP contribution in [0.3, 0.4) is 0 Å². The third kappa shape index (κ3) is 6.20. The Bertz CT molecular complexity index is 1180. The number of rotatable bonds is 10. The Labute approximate surface area is 214 Å². The van der Waals surface area contributed by atoms with Gasteiger partial charge in [0.15, 0.2) is 0 Å². The molecule has 1 aliphatic heterocycles. The summed E-state index contributed by atoms with van der Waals surface area (Å²) < 4.78 is 0. The summed E-state index contributed by atoms with van der Waals surface area (Å²) in [5, 5.41) is 9.65. The van der Waals surface area contributed by atoms with E-state index in [0.717, 1.165) is 48.6 Å². The van der Waals surface area contributed by atoms with Crippen molar-refractivity contribution in [1.29, 1.82) is 0 Å². The van der Waals surface area contributed by atoms with Crippen LogP contribution in [-0.2, 0) is 29.1 Å². The van der Waals surface area contributed by atoms with Crippen molar-refractivity contribution in [3.05, 3.63) is 89.5 Å². The normalized spacial score (nSPS) is 15.3. The van der Waals surface area contributed by atoms with E-state index in [2.05, 4.69) is 77.5 Å². The molecule has 3 N–H and O–H groups in total. The van der Waals surface area contributed by atoms with Crippen LogP contribution in [0.15, 0.2) is 72.8 Å². The van der Waals surface area contributed by atoms with Gasteiger partial charge in [-0.3, -0.25) is 9.59 Å². The molecule has 3 aromatic rings. The lowest BCUT2D eigenvalue weighted by Gasteiger charge is -2.26. The first-order valence-electron chi connectivity index (χ1n) is 12.9. The number of amides is 2. The van der Waals surface area contributed by atoms with Crippen molar-refractivity contribution >= 4 is 17.5 Å². The topological polar surface area (TPSA) is 73.5 Å². The minimum Gasteiger partial charge on any atom is -0.344 e. The van der Waals surface area contributed by atoms with Gasteiger partial charge in [-0.2, -0.15) is 0 Å². The summed E-state index contributed by atoms with van der Waals surface area (Å²) in [6.07, 6.45) is 1.73. The fourth-order valence-electron chi connectivity index (χ4n) is 4.65. The maximum Gasteiger partial charge on any atom is 0.249 e. The van der Waals surface area contributed by atoms with Gasteiger partial charge >= 0.3 is 0 Å². The van der Waals surface area contributed by atoms with Crippen molar-refractivity contribution in [1.82, 2.24) is 16.0 Å². The average molecular weight is 485 g/mol. The van der Waals surface area contributed by atoms with Crippen LogP contribution in [0, 0.1) is 0 Å². The highest BCUT2D eigenvalue weighted by Crippen LogP contribution is 2.30. The Hall–Kier alpha value is -3.48. The summed E-state index contributed by atoms with van der Waals surface area (Å²) in [5.74, 6) is -0.148. The highest BCUT2D eigenvalue weighted by atomic mass is 16.2. The molecule has 0 unspecified atom stereocenters. The van der Waals surface area contributed by atoms with E-state index in [-0.39, 0.29) is 11.8 Å². The van der Waals surface area contributed by atoms with Gasteiger partial charge in [-0.05, 0) is 53.3 Å². The number of carbonyl (C=O) groups excluding carboxylic acids is 2. The molecule has 0 spiro atoms. The standard InChI is InChI=1S/C30H36N4O2/c1-3-29(35)33-27-18-17-24-9-6-8-12-28(24)34(30(27)36)20-22-13-15-23(16-14-22)26-11-7-5-10-25(26)19-32-21-31-4-2/h5-16,27,31-32H,3-4,17-21H2,1-2H3,(H,33,35)/t27-/m1/s1. The molecule has 1 heterocycles. The first-order chi connectivity index (χ1) is 17.6. The van der Waals surface area contributed by atoms with Gasteiger partial charge in [-0.15, -0.1) is 0 Å². The van der Waals surface area contributed by atoms with Crippen molar-refractivity contribution in [2.45, 2.75) is 52.2 Å². The van der Waals surface area contributed by atoms with Crippen LogP contribution < -0.4 is 20.9 Å². The molecule has 2 amide bonds. The summed E-state index contributed by atoms with van der Waals surface area (Å²) >= 11 is 0. The monoisotopic (exact) mass is 484 g/mol. The van der Waals surface area contributed by atoms with E-state index in [9.17, 15) is 9.59 Å². The number of aryl methyl sites for hydroxylation is 1. The van der Waals surface area contributed by atoms with Crippen LogP contribution >= 0.6 is 0 Å². The minimum atomic E-state index is -0.509. The molecular formula is C30H36N4O2. The maximum absolute atomic E-state index is 13.5. The van der Waals surface area contributed by atoms with Crippen LogP contribution in [-0.4, -0.2) is 31.1 Å². The van der Waals surface area contributed by atoms with Crippen LogP contribution in [0.1, 0.15) is 43.4 Å². The zero-order valence-electron chi connectivity index (χ0n) is 21.2. The van der Waals surface area contributed by atoms with Gasteiger partial charge in [0.1, 0.15) is 6.04 Å². The molecule has 3 aromatic carbocycles. The van der Waals surface area contributed by atoms with E-state index < -0.39 is 6.04 Å². The predicted molar refractivity (Wildman–Crippen MR) is 145 cm³/mol. The van der Waals surface area contributed by atoms with Gasteiger partial charge in [0.25, 0.3) is 0 Å². The average Bonchev–Trinajstić information content (AvgIpc) is 3.04. The largest absolute Gasteiger partial charge is 0.344 e. The number of fused-ring (bicyclic) bond motifs is 1. The molecule has 36 heavy (non-hydrogen) atoms. The maximum atomic E-state index is 13.5. The zero-order valence-corrected chi connectivity index (χ0v) is 21.2. The van der Waals surface area contributed by atoms with Crippen molar-refractivity contribution in [2.75, 3.05) is 18.1 Å². The lowest BCUT2D eigenvalue weighted by atomic mass is 9.98. The van der Waals surface area contributed by atoms with E-state index in [1.165, 1.54) is 11.1 Å². The number of anilines is 1. The Balaban J connectivity index is 1.55. The van der Waals surface area contributed by atoms with E-state index >= 15 is 0 Å². The second kappa shape index (κ2) is 12.5. The second-order valence-electron chi connectivity index (χ2n) is 9.13. The number of para-hydroxylation sites is 1. The Morgan fingerprint density at radius 2 is 1.69 bits per heavy atom. The third-order valence-electron chi connectivity index (χ3n) is 6.64. The number of nitrogens with one attached hydrogen (secondary N) is 3. The molecule has 4 rings (SSSR count). The number of hydrogen-bond acceptors (Lipinski definition) is 4. The number of benzene rings is 3. The molecule has 0 bridgehead atoms. The summed E-state index contributed by atoms with van der Waals surface area (Å²) in [6.45, 7) is 6.85. The molecule has 0 fully saturated rings. The van der Waals surface area contributed by atoms with Gasteiger partial charge in [-0.1, -0.05) is 80.6 Å².